The number of hydrogen-bond acceptors (Lipinski definition) is 4. The van der Waals surface area contributed by atoms with Crippen LogP contribution in [-0.4, -0.2) is 31.9 Å². The molecule has 1 amide bonds. The van der Waals surface area contributed by atoms with Gasteiger partial charge in [-0.05, 0) is 37.3 Å². The molecule has 27 heavy (non-hydrogen) atoms. The van der Waals surface area contributed by atoms with Gasteiger partial charge in [0.2, 0.25) is 0 Å². The van der Waals surface area contributed by atoms with Gasteiger partial charge in [0.25, 0.3) is 5.91 Å². The standard InChI is InChI=1S/C19H17ClN6O/c1-3-15-9-18(24-23-15)19(27)22-12(2)11-26-7-6-17(25-26)13-4-5-14(10-21)16(20)8-13/h3-9,12H,1,11H2,2H3,(H,22,27)(H,23,24). The van der Waals surface area contributed by atoms with Gasteiger partial charge in [-0.15, -0.1) is 0 Å². The van der Waals surface area contributed by atoms with Crippen LogP contribution in [-0.2, 0) is 6.54 Å². The first-order chi connectivity index (χ1) is 13.0. The highest BCUT2D eigenvalue weighted by Gasteiger charge is 2.13. The number of aromatic amines is 1. The largest absolute Gasteiger partial charge is 0.346 e. The molecule has 8 heteroatoms. The number of amides is 1. The van der Waals surface area contributed by atoms with Crippen LogP contribution in [0.15, 0.2) is 43.1 Å². The third-order valence-electron chi connectivity index (χ3n) is 3.92. The fourth-order valence-electron chi connectivity index (χ4n) is 2.57. The van der Waals surface area contributed by atoms with Crippen molar-refractivity contribution in [2.75, 3.05) is 0 Å². The second-order valence-electron chi connectivity index (χ2n) is 6.01. The third kappa shape index (κ3) is 4.25. The van der Waals surface area contributed by atoms with Crippen molar-refractivity contribution in [2.24, 2.45) is 0 Å². The number of benzene rings is 1. The van der Waals surface area contributed by atoms with Crippen molar-refractivity contribution < 1.29 is 4.79 Å². The van der Waals surface area contributed by atoms with Gasteiger partial charge < -0.3 is 5.32 Å². The molecule has 0 aliphatic heterocycles. The molecule has 2 heterocycles. The van der Waals surface area contributed by atoms with Crippen LogP contribution in [0.2, 0.25) is 5.02 Å². The fourth-order valence-corrected chi connectivity index (χ4v) is 2.79. The summed E-state index contributed by atoms with van der Waals surface area (Å²) in [6.07, 6.45) is 3.40. The first-order valence-corrected chi connectivity index (χ1v) is 8.60. The summed E-state index contributed by atoms with van der Waals surface area (Å²) >= 11 is 6.08. The number of H-pyrrole nitrogens is 1. The minimum Gasteiger partial charge on any atom is -0.346 e. The number of nitriles is 1. The summed E-state index contributed by atoms with van der Waals surface area (Å²) in [5.74, 6) is -0.241. The Kier molecular flexibility index (Phi) is 5.38. The summed E-state index contributed by atoms with van der Waals surface area (Å²) in [5, 5.41) is 23.4. The molecule has 1 atom stereocenters. The zero-order valence-electron chi connectivity index (χ0n) is 14.6. The molecular weight excluding hydrogens is 364 g/mol. The zero-order valence-corrected chi connectivity index (χ0v) is 15.4. The molecule has 2 N–H and O–H groups in total. The minimum absolute atomic E-state index is 0.148. The fraction of sp³-hybridized carbons (Fsp3) is 0.158. The molecular formula is C19H17ClN6O. The van der Waals surface area contributed by atoms with E-state index in [4.69, 9.17) is 16.9 Å². The average Bonchev–Trinajstić information content (AvgIpc) is 3.30. The number of rotatable bonds is 6. The second-order valence-corrected chi connectivity index (χ2v) is 6.42. The van der Waals surface area contributed by atoms with E-state index in [9.17, 15) is 4.79 Å². The van der Waals surface area contributed by atoms with Crippen LogP contribution in [0, 0.1) is 11.3 Å². The SMILES string of the molecule is C=Cc1cc(C(=O)NC(C)Cn2ccc(-c3ccc(C#N)c(Cl)c3)n2)[nH]n1. The van der Waals surface area contributed by atoms with Gasteiger partial charge in [0.15, 0.2) is 0 Å². The van der Waals surface area contributed by atoms with Crippen LogP contribution >= 0.6 is 11.6 Å². The van der Waals surface area contributed by atoms with Crippen molar-refractivity contribution in [3.05, 3.63) is 65.1 Å². The molecule has 1 unspecified atom stereocenters. The van der Waals surface area contributed by atoms with Crippen LogP contribution < -0.4 is 5.32 Å². The number of hydrogen-bond donors (Lipinski definition) is 2. The van der Waals surface area contributed by atoms with Crippen LogP contribution in [0.4, 0.5) is 0 Å². The topological polar surface area (TPSA) is 99.4 Å². The quantitative estimate of drug-likeness (QED) is 0.685. The first kappa shape index (κ1) is 18.4. The molecule has 136 valence electrons. The average molecular weight is 381 g/mol. The number of nitrogens with zero attached hydrogens (tertiary/aromatic N) is 4. The molecule has 0 spiro atoms. The van der Waals surface area contributed by atoms with E-state index in [2.05, 4.69) is 27.2 Å². The number of halogens is 1. The first-order valence-electron chi connectivity index (χ1n) is 8.22. The molecule has 0 radical (unpaired) electrons. The van der Waals surface area contributed by atoms with Crippen molar-refractivity contribution in [1.29, 1.82) is 5.26 Å². The van der Waals surface area contributed by atoms with E-state index in [1.807, 2.05) is 25.3 Å². The van der Waals surface area contributed by atoms with Gasteiger partial charge in [-0.3, -0.25) is 14.6 Å². The number of carbonyl (C=O) groups excluding carboxylic acids is 1. The van der Waals surface area contributed by atoms with E-state index in [1.165, 1.54) is 0 Å². The van der Waals surface area contributed by atoms with Crippen molar-refractivity contribution in [1.82, 2.24) is 25.3 Å². The van der Waals surface area contributed by atoms with Gasteiger partial charge in [-0.2, -0.15) is 15.5 Å². The van der Waals surface area contributed by atoms with Crippen LogP contribution in [0.1, 0.15) is 28.7 Å². The molecule has 7 nitrogen and oxygen atoms in total. The Morgan fingerprint density at radius 1 is 1.48 bits per heavy atom. The van der Waals surface area contributed by atoms with E-state index in [0.29, 0.717) is 28.5 Å². The molecule has 3 rings (SSSR count). The van der Waals surface area contributed by atoms with Crippen LogP contribution in [0.3, 0.4) is 0 Å². The van der Waals surface area contributed by atoms with Crippen molar-refractivity contribution in [3.63, 3.8) is 0 Å². The van der Waals surface area contributed by atoms with Gasteiger partial charge in [-0.25, -0.2) is 0 Å². The zero-order chi connectivity index (χ0) is 19.4. The van der Waals surface area contributed by atoms with Gasteiger partial charge >= 0.3 is 0 Å². The van der Waals surface area contributed by atoms with Crippen LogP contribution in [0.25, 0.3) is 17.3 Å². The van der Waals surface area contributed by atoms with E-state index in [0.717, 1.165) is 11.3 Å². The summed E-state index contributed by atoms with van der Waals surface area (Å²) < 4.78 is 1.74. The van der Waals surface area contributed by atoms with Gasteiger partial charge in [0.05, 0.1) is 28.5 Å². The maximum absolute atomic E-state index is 12.2. The lowest BCUT2D eigenvalue weighted by molar-refractivity contribution is 0.0931. The highest BCUT2D eigenvalue weighted by molar-refractivity contribution is 6.32. The molecule has 1 aromatic carbocycles. The van der Waals surface area contributed by atoms with Gasteiger partial charge in [0.1, 0.15) is 11.8 Å². The molecule has 0 aliphatic rings. The number of nitrogens with one attached hydrogen (secondary N) is 2. The Balaban J connectivity index is 1.64. The maximum atomic E-state index is 12.2. The molecule has 0 saturated heterocycles. The Morgan fingerprint density at radius 2 is 2.30 bits per heavy atom. The Morgan fingerprint density at radius 3 is 2.96 bits per heavy atom. The lowest BCUT2D eigenvalue weighted by Crippen LogP contribution is -2.36. The van der Waals surface area contributed by atoms with E-state index >= 15 is 0 Å². The lowest BCUT2D eigenvalue weighted by atomic mass is 10.1. The monoisotopic (exact) mass is 380 g/mol. The van der Waals surface area contributed by atoms with E-state index < -0.39 is 0 Å². The number of aromatic nitrogens is 4. The summed E-state index contributed by atoms with van der Waals surface area (Å²) in [6.45, 7) is 6.00. The predicted molar refractivity (Wildman–Crippen MR) is 103 cm³/mol. The molecule has 2 aromatic heterocycles. The van der Waals surface area contributed by atoms with Gasteiger partial charge in [0, 0.05) is 17.8 Å². The molecule has 0 fully saturated rings. The Hall–Kier alpha value is -3.37. The molecule has 0 saturated carbocycles. The van der Waals surface area contributed by atoms with Crippen molar-refractivity contribution in [3.8, 4) is 17.3 Å². The maximum Gasteiger partial charge on any atom is 0.269 e. The summed E-state index contributed by atoms with van der Waals surface area (Å²) in [7, 11) is 0. The number of carbonyl (C=O) groups is 1. The predicted octanol–water partition coefficient (Wildman–Crippen LogP) is 3.26. The lowest BCUT2D eigenvalue weighted by Gasteiger charge is -2.13. The highest BCUT2D eigenvalue weighted by atomic mass is 35.5. The summed E-state index contributed by atoms with van der Waals surface area (Å²) in [4.78, 5) is 12.2. The highest BCUT2D eigenvalue weighted by Crippen LogP contribution is 2.24. The van der Waals surface area contributed by atoms with E-state index in [-0.39, 0.29) is 11.9 Å². The Bertz CT molecular complexity index is 1030. The smallest absolute Gasteiger partial charge is 0.269 e. The Labute approximate surface area is 161 Å². The van der Waals surface area contributed by atoms with Crippen molar-refractivity contribution in [2.45, 2.75) is 19.5 Å². The van der Waals surface area contributed by atoms with Crippen molar-refractivity contribution >= 4 is 23.6 Å². The minimum atomic E-state index is -0.241. The summed E-state index contributed by atoms with van der Waals surface area (Å²) in [5.41, 5.74) is 2.98. The second kappa shape index (κ2) is 7.89. The molecule has 0 bridgehead atoms. The third-order valence-corrected chi connectivity index (χ3v) is 4.23. The van der Waals surface area contributed by atoms with E-state index in [1.54, 1.807) is 35.0 Å². The molecule has 3 aromatic rings. The van der Waals surface area contributed by atoms with Gasteiger partial charge in [-0.1, -0.05) is 24.2 Å². The normalized spacial score (nSPS) is 11.6. The van der Waals surface area contributed by atoms with Crippen LogP contribution in [0.5, 0.6) is 0 Å². The summed E-state index contributed by atoms with van der Waals surface area (Å²) in [6, 6.07) is 10.6. The molecule has 0 aliphatic carbocycles.